The Morgan fingerprint density at radius 1 is 1.22 bits per heavy atom. The van der Waals surface area contributed by atoms with E-state index in [0.717, 1.165) is 35.2 Å². The average Bonchev–Trinajstić information content (AvgIpc) is 2.89. The maximum Gasteiger partial charge on any atom is 0.205 e. The number of nitrogens with zero attached hydrogens (tertiary/aromatic N) is 1. The van der Waals surface area contributed by atoms with Crippen LogP contribution in [0.4, 0.5) is 5.69 Å². The summed E-state index contributed by atoms with van der Waals surface area (Å²) in [5.74, 6) is -0.0859. The number of aromatic nitrogens is 1. The smallest absolute Gasteiger partial charge is 0.205 e. The first-order valence-corrected chi connectivity index (χ1v) is 8.77. The Labute approximate surface area is 144 Å². The molecule has 0 bridgehead atoms. The van der Waals surface area contributed by atoms with Gasteiger partial charge >= 0.3 is 0 Å². The van der Waals surface area contributed by atoms with Crippen molar-refractivity contribution in [2.75, 3.05) is 5.73 Å². The predicted octanol–water partition coefficient (Wildman–Crippen LogP) is 5.11. The van der Waals surface area contributed by atoms with Gasteiger partial charge in [0.2, 0.25) is 5.78 Å². The lowest BCUT2D eigenvalue weighted by atomic mass is 10.1. The van der Waals surface area contributed by atoms with E-state index in [9.17, 15) is 4.79 Å². The monoisotopic (exact) mass is 344 g/mol. The molecule has 0 amide bonds. The van der Waals surface area contributed by atoms with Crippen LogP contribution in [0.5, 0.6) is 0 Å². The fourth-order valence-electron chi connectivity index (χ4n) is 2.43. The number of carbonyl (C=O) groups is 1. The van der Waals surface area contributed by atoms with Crippen LogP contribution in [0.3, 0.4) is 0 Å². The van der Waals surface area contributed by atoms with Crippen LogP contribution in [0.2, 0.25) is 5.02 Å². The standard InChI is InChI=1S/C18H17ClN2OS/c1-2-3-4-13-9-10-14-15(20)17(23-18(14)21-13)16(22)11-5-7-12(19)8-6-11/h5-10H,2-4,20H2,1H3. The lowest BCUT2D eigenvalue weighted by Crippen LogP contribution is -2.01. The number of nitrogens with two attached hydrogens (primary N) is 1. The van der Waals surface area contributed by atoms with Gasteiger partial charge < -0.3 is 5.73 Å². The SMILES string of the molecule is CCCCc1ccc2c(N)c(C(=O)c3ccc(Cl)cc3)sc2n1. The number of hydrogen-bond donors (Lipinski definition) is 1. The van der Waals surface area contributed by atoms with Crippen LogP contribution in [0, 0.1) is 0 Å². The molecule has 0 aliphatic carbocycles. The molecule has 118 valence electrons. The number of unbranched alkanes of at least 4 members (excludes halogenated alkanes) is 1. The molecule has 23 heavy (non-hydrogen) atoms. The number of anilines is 1. The van der Waals surface area contributed by atoms with Crippen LogP contribution in [0.1, 0.15) is 40.7 Å². The highest BCUT2D eigenvalue weighted by Gasteiger charge is 2.18. The van der Waals surface area contributed by atoms with Gasteiger partial charge in [-0.25, -0.2) is 4.98 Å². The third kappa shape index (κ3) is 3.23. The van der Waals surface area contributed by atoms with Crippen molar-refractivity contribution in [2.24, 2.45) is 0 Å². The number of pyridine rings is 1. The molecule has 0 saturated heterocycles. The molecule has 0 unspecified atom stereocenters. The van der Waals surface area contributed by atoms with Crippen molar-refractivity contribution in [3.63, 3.8) is 0 Å². The van der Waals surface area contributed by atoms with Crippen LogP contribution in [0.25, 0.3) is 10.2 Å². The Bertz CT molecular complexity index is 855. The molecule has 5 heteroatoms. The minimum Gasteiger partial charge on any atom is -0.397 e. The molecule has 3 aromatic rings. The van der Waals surface area contributed by atoms with Gasteiger partial charge in [0.25, 0.3) is 0 Å². The molecule has 2 heterocycles. The highest BCUT2D eigenvalue weighted by Crippen LogP contribution is 2.34. The topological polar surface area (TPSA) is 56.0 Å². The van der Waals surface area contributed by atoms with Crippen LogP contribution >= 0.6 is 22.9 Å². The number of carbonyl (C=O) groups excluding carboxylic acids is 1. The molecule has 3 nitrogen and oxygen atoms in total. The van der Waals surface area contributed by atoms with Gasteiger partial charge in [-0.05, 0) is 49.2 Å². The lowest BCUT2D eigenvalue weighted by Gasteiger charge is -2.00. The van der Waals surface area contributed by atoms with Crippen molar-refractivity contribution in [3.8, 4) is 0 Å². The molecule has 1 aromatic carbocycles. The van der Waals surface area contributed by atoms with Crippen molar-refractivity contribution in [1.29, 1.82) is 0 Å². The highest BCUT2D eigenvalue weighted by atomic mass is 35.5. The number of thiophene rings is 1. The van der Waals surface area contributed by atoms with E-state index in [0.29, 0.717) is 21.2 Å². The normalized spacial score (nSPS) is 11.0. The van der Waals surface area contributed by atoms with Gasteiger partial charge in [0.15, 0.2) is 0 Å². The summed E-state index contributed by atoms with van der Waals surface area (Å²) in [5.41, 5.74) is 8.32. The molecule has 0 aliphatic rings. The van der Waals surface area contributed by atoms with Gasteiger partial charge in [0.1, 0.15) is 9.71 Å². The van der Waals surface area contributed by atoms with Crippen molar-refractivity contribution in [3.05, 3.63) is 57.6 Å². The van der Waals surface area contributed by atoms with E-state index in [1.165, 1.54) is 11.3 Å². The minimum atomic E-state index is -0.0859. The molecule has 0 fully saturated rings. The largest absolute Gasteiger partial charge is 0.397 e. The number of hydrogen-bond acceptors (Lipinski definition) is 4. The third-order valence-corrected chi connectivity index (χ3v) is 5.12. The first-order chi connectivity index (χ1) is 11.1. The first kappa shape index (κ1) is 16.0. The summed E-state index contributed by atoms with van der Waals surface area (Å²) in [6.07, 6.45) is 3.19. The summed E-state index contributed by atoms with van der Waals surface area (Å²) < 4.78 is 0. The van der Waals surface area contributed by atoms with Gasteiger partial charge in [-0.2, -0.15) is 0 Å². The molecule has 0 aliphatic heterocycles. The van der Waals surface area contributed by atoms with E-state index in [2.05, 4.69) is 11.9 Å². The molecule has 0 radical (unpaired) electrons. The fourth-order valence-corrected chi connectivity index (χ4v) is 3.63. The van der Waals surface area contributed by atoms with E-state index in [4.69, 9.17) is 17.3 Å². The molecule has 2 N–H and O–H groups in total. The van der Waals surface area contributed by atoms with Gasteiger partial charge in [0, 0.05) is 21.7 Å². The summed E-state index contributed by atoms with van der Waals surface area (Å²) in [6, 6.07) is 10.8. The number of ketones is 1. The number of aryl methyl sites for hydroxylation is 1. The number of rotatable bonds is 5. The van der Waals surface area contributed by atoms with Gasteiger partial charge in [0.05, 0.1) is 5.69 Å². The number of halogens is 1. The highest BCUT2D eigenvalue weighted by molar-refractivity contribution is 7.21. The van der Waals surface area contributed by atoms with E-state index in [-0.39, 0.29) is 5.78 Å². The second-order valence-corrected chi connectivity index (χ2v) is 6.88. The Kier molecular flexibility index (Phi) is 4.64. The van der Waals surface area contributed by atoms with E-state index >= 15 is 0 Å². The Morgan fingerprint density at radius 2 is 1.96 bits per heavy atom. The third-order valence-electron chi connectivity index (χ3n) is 3.75. The van der Waals surface area contributed by atoms with E-state index < -0.39 is 0 Å². The van der Waals surface area contributed by atoms with Crippen LogP contribution in [-0.2, 0) is 6.42 Å². The number of nitrogen functional groups attached to an aromatic ring is 1. The van der Waals surface area contributed by atoms with Gasteiger partial charge in [-0.15, -0.1) is 11.3 Å². The molecule has 0 saturated carbocycles. The summed E-state index contributed by atoms with van der Waals surface area (Å²) in [7, 11) is 0. The zero-order valence-electron chi connectivity index (χ0n) is 12.8. The Balaban J connectivity index is 1.99. The Morgan fingerprint density at radius 3 is 2.65 bits per heavy atom. The molecule has 3 rings (SSSR count). The summed E-state index contributed by atoms with van der Waals surface area (Å²) >= 11 is 7.23. The van der Waals surface area contributed by atoms with E-state index in [1.54, 1.807) is 24.3 Å². The Hall–Kier alpha value is -1.91. The zero-order valence-corrected chi connectivity index (χ0v) is 14.4. The summed E-state index contributed by atoms with van der Waals surface area (Å²) in [6.45, 7) is 2.16. The predicted molar refractivity (Wildman–Crippen MR) is 97.5 cm³/mol. The zero-order chi connectivity index (χ0) is 16.4. The van der Waals surface area contributed by atoms with Gasteiger partial charge in [-0.3, -0.25) is 4.79 Å². The quantitative estimate of drug-likeness (QED) is 0.654. The maximum absolute atomic E-state index is 12.7. The minimum absolute atomic E-state index is 0.0859. The van der Waals surface area contributed by atoms with Crippen molar-refractivity contribution in [2.45, 2.75) is 26.2 Å². The average molecular weight is 345 g/mol. The van der Waals surface area contributed by atoms with Crippen LogP contribution < -0.4 is 5.73 Å². The van der Waals surface area contributed by atoms with Crippen LogP contribution in [0.15, 0.2) is 36.4 Å². The second-order valence-electron chi connectivity index (χ2n) is 5.44. The first-order valence-electron chi connectivity index (χ1n) is 7.58. The van der Waals surface area contributed by atoms with Crippen molar-refractivity contribution in [1.82, 2.24) is 4.98 Å². The summed E-state index contributed by atoms with van der Waals surface area (Å²) in [4.78, 5) is 18.7. The van der Waals surface area contributed by atoms with E-state index in [1.807, 2.05) is 12.1 Å². The van der Waals surface area contributed by atoms with Crippen LogP contribution in [-0.4, -0.2) is 10.8 Å². The maximum atomic E-state index is 12.7. The molecular weight excluding hydrogens is 328 g/mol. The molecule has 0 spiro atoms. The van der Waals surface area contributed by atoms with Gasteiger partial charge in [-0.1, -0.05) is 24.9 Å². The van der Waals surface area contributed by atoms with Crippen molar-refractivity contribution < 1.29 is 4.79 Å². The lowest BCUT2D eigenvalue weighted by molar-refractivity contribution is 0.104. The number of fused-ring (bicyclic) bond motifs is 1. The number of benzene rings is 1. The summed E-state index contributed by atoms with van der Waals surface area (Å²) in [5, 5.41) is 1.46. The molecule has 2 aromatic heterocycles. The fraction of sp³-hybridized carbons (Fsp3) is 0.222. The molecular formula is C18H17ClN2OS. The molecule has 0 atom stereocenters. The second kappa shape index (κ2) is 6.69. The van der Waals surface area contributed by atoms with Crippen molar-refractivity contribution >= 4 is 44.6 Å².